The highest BCUT2D eigenvalue weighted by molar-refractivity contribution is 7.96. The molecule has 9 heterocycles. The molecule has 0 bridgehead atoms. The van der Waals surface area contributed by atoms with Crippen LogP contribution in [0.25, 0.3) is 58.5 Å². The van der Waals surface area contributed by atoms with Crippen molar-refractivity contribution in [3.63, 3.8) is 0 Å². The van der Waals surface area contributed by atoms with Crippen molar-refractivity contribution < 1.29 is 0 Å². The molecule has 0 aromatic carbocycles. The second-order valence-corrected chi connectivity index (χ2v) is 94.3. The fraction of sp³-hybridized carbons (Fsp3) is 0.410. The molecule has 77 heavy (non-hydrogen) atoms. The zero-order valence-electron chi connectivity index (χ0n) is 50.1. The van der Waals surface area contributed by atoms with E-state index in [1.807, 2.05) is 34.0 Å². The summed E-state index contributed by atoms with van der Waals surface area (Å²) >= 11 is 18.6. The minimum Gasteiger partial charge on any atom is -0.144 e. The van der Waals surface area contributed by atoms with Gasteiger partial charge in [-0.15, -0.1) is 102 Å². The van der Waals surface area contributed by atoms with E-state index in [1.54, 1.807) is 27.0 Å². The topological polar surface area (TPSA) is 0 Å². The van der Waals surface area contributed by atoms with Crippen molar-refractivity contribution in [1.82, 2.24) is 0 Å². The van der Waals surface area contributed by atoms with Crippen molar-refractivity contribution in [2.24, 2.45) is 0 Å². The molecular formula is C61H84S9Si7. The van der Waals surface area contributed by atoms with Crippen molar-refractivity contribution in [2.45, 2.75) is 163 Å². The molecule has 0 spiro atoms. The van der Waals surface area contributed by atoms with Gasteiger partial charge >= 0.3 is 0 Å². The molecule has 0 aliphatic carbocycles. The second-order valence-electron chi connectivity index (χ2n) is 28.1. The van der Waals surface area contributed by atoms with Crippen LogP contribution in [0.4, 0.5) is 0 Å². The van der Waals surface area contributed by atoms with Crippen molar-refractivity contribution in [2.75, 3.05) is 0 Å². The van der Waals surface area contributed by atoms with Gasteiger partial charge in [-0.25, -0.2) is 0 Å². The summed E-state index contributed by atoms with van der Waals surface area (Å²) in [5.41, 5.74) is 0. The molecule has 0 N–H and O–H groups in total. The van der Waals surface area contributed by atoms with Crippen LogP contribution in [-0.2, 0) is 0 Å². The van der Waals surface area contributed by atoms with E-state index in [0.29, 0.717) is 15.1 Å². The standard InChI is InChI=1S/C61H84S9Si7/c1-59(2,3)71(10,11)53-35-29-47(65-53)41-23-26-44(62-41)50-32-38-56(68-50)74(16,17)77(22,75(18,19)57-39-33-51(69-57)45-27-24-42(63-45)48-30-36-54(66-48)72(12,13)60(4,5)6)76(20,21)58-40-34-52(70-58)46-28-25-43(64-46)49-31-37-55(67-49)73(14,15)61(7,8)9/h23-40H,1-22H3. The minimum absolute atomic E-state index is 0.326. The van der Waals surface area contributed by atoms with Gasteiger partial charge in [0.05, 0.1) is 53.6 Å². The highest BCUT2D eigenvalue weighted by atomic mass is 32.1. The molecule has 0 unspecified atom stereocenters. The van der Waals surface area contributed by atoms with Crippen LogP contribution in [0.1, 0.15) is 62.3 Å². The van der Waals surface area contributed by atoms with Crippen molar-refractivity contribution >= 4 is 183 Å². The van der Waals surface area contributed by atoms with Gasteiger partial charge in [-0.1, -0.05) is 184 Å². The molecule has 0 saturated carbocycles. The van der Waals surface area contributed by atoms with Gasteiger partial charge in [0, 0.05) is 58.5 Å². The third-order valence-corrected chi connectivity index (χ3v) is 128. The van der Waals surface area contributed by atoms with Crippen LogP contribution < -0.4 is 27.0 Å². The van der Waals surface area contributed by atoms with Gasteiger partial charge in [0.15, 0.2) is 0 Å². The summed E-state index contributed by atoms with van der Waals surface area (Å²) in [4.78, 5) is 17.2. The summed E-state index contributed by atoms with van der Waals surface area (Å²) < 4.78 is 9.99. The Balaban J connectivity index is 1.08. The summed E-state index contributed by atoms with van der Waals surface area (Å²) in [5.74, 6) is 0. The first-order valence-electron chi connectivity index (χ1n) is 27.4. The van der Waals surface area contributed by atoms with Crippen LogP contribution in [0.2, 0.25) is 100 Å². The van der Waals surface area contributed by atoms with Gasteiger partial charge in [0.1, 0.15) is 0 Å². The van der Waals surface area contributed by atoms with Gasteiger partial charge in [0.25, 0.3) is 0 Å². The molecule has 0 amide bonds. The van der Waals surface area contributed by atoms with E-state index >= 15 is 0 Å². The van der Waals surface area contributed by atoms with Crippen molar-refractivity contribution in [3.05, 3.63) is 109 Å². The maximum Gasteiger partial charge on any atom is 0.0987 e. The van der Waals surface area contributed by atoms with Crippen LogP contribution in [0.3, 0.4) is 0 Å². The minimum atomic E-state index is -2.18. The number of hydrogen-bond donors (Lipinski definition) is 0. The first-order valence-corrected chi connectivity index (χ1v) is 58.2. The van der Waals surface area contributed by atoms with E-state index in [4.69, 9.17) is 0 Å². The van der Waals surface area contributed by atoms with Crippen LogP contribution in [-0.4, -0.2) is 53.6 Å². The highest BCUT2D eigenvalue weighted by Crippen LogP contribution is 2.48. The molecule has 0 radical (unpaired) electrons. The number of hydrogen-bond acceptors (Lipinski definition) is 9. The Kier molecular flexibility index (Phi) is 16.4. The monoisotopic (exact) mass is 1300 g/mol. The first-order chi connectivity index (χ1) is 35.4. The van der Waals surface area contributed by atoms with Gasteiger partial charge in [-0.2, -0.15) is 0 Å². The fourth-order valence-corrected chi connectivity index (χ4v) is 122. The Labute approximate surface area is 507 Å². The maximum atomic E-state index is 2.97. The van der Waals surface area contributed by atoms with Crippen LogP contribution in [0.15, 0.2) is 109 Å². The molecule has 0 aliphatic heterocycles. The quantitative estimate of drug-likeness (QED) is 0.0898. The molecule has 0 saturated heterocycles. The Morgan fingerprint density at radius 2 is 0.351 bits per heavy atom. The molecule has 9 aromatic heterocycles. The average molecular weight is 1300 g/mol. The molecule has 0 fully saturated rings. The lowest BCUT2D eigenvalue weighted by Crippen LogP contribution is -2.90. The van der Waals surface area contributed by atoms with Crippen molar-refractivity contribution in [1.29, 1.82) is 0 Å². The zero-order chi connectivity index (χ0) is 56.5. The molecule has 0 aliphatic rings. The molecule has 0 atom stereocenters. The van der Waals surface area contributed by atoms with Gasteiger partial charge in [-0.3, -0.25) is 0 Å². The molecular weight excluding hydrogens is 1220 g/mol. The van der Waals surface area contributed by atoms with Gasteiger partial charge < -0.3 is 0 Å². The number of rotatable bonds is 15. The largest absolute Gasteiger partial charge is 0.144 e. The molecule has 9 rings (SSSR count). The van der Waals surface area contributed by atoms with Crippen LogP contribution >= 0.6 is 102 Å². The van der Waals surface area contributed by atoms with E-state index in [-0.39, 0.29) is 0 Å². The van der Waals surface area contributed by atoms with Crippen LogP contribution in [0.5, 0.6) is 0 Å². The molecule has 410 valence electrons. The normalized spacial score (nSPS) is 14.1. The summed E-state index contributed by atoms with van der Waals surface area (Å²) in [7, 11) is -11.2. The first kappa shape index (κ1) is 60.4. The highest BCUT2D eigenvalue weighted by Gasteiger charge is 2.66. The smallest absolute Gasteiger partial charge is 0.0987 e. The molecule has 0 nitrogen and oxygen atoms in total. The lowest BCUT2D eigenvalue weighted by Gasteiger charge is -2.57. The van der Waals surface area contributed by atoms with E-state index in [9.17, 15) is 0 Å². The second kappa shape index (κ2) is 20.9. The summed E-state index contributed by atoms with van der Waals surface area (Å²) in [5, 5.41) is 0.977. The fourth-order valence-electron chi connectivity index (χ4n) is 10.8. The van der Waals surface area contributed by atoms with E-state index in [2.05, 4.69) is 325 Å². The van der Waals surface area contributed by atoms with Gasteiger partial charge in [0.2, 0.25) is 0 Å². The Bertz CT molecular complexity index is 3170. The van der Waals surface area contributed by atoms with E-state index in [0.717, 1.165) is 0 Å². The maximum absolute atomic E-state index is 2.97. The lowest BCUT2D eigenvalue weighted by molar-refractivity contribution is 0.730. The third-order valence-electron chi connectivity index (χ3n) is 20.0. The Hall–Kier alpha value is -1.18. The zero-order valence-corrected chi connectivity index (χ0v) is 64.4. The summed E-state index contributed by atoms with van der Waals surface area (Å²) in [6, 6.07) is 44.5. The van der Waals surface area contributed by atoms with E-state index < -0.39 is 53.6 Å². The Morgan fingerprint density at radius 1 is 0.208 bits per heavy atom. The third kappa shape index (κ3) is 10.6. The average Bonchev–Trinajstić information content (AvgIpc) is 4.20. The summed E-state index contributed by atoms with van der Waals surface area (Å²) in [6.45, 7) is 55.0. The lowest BCUT2D eigenvalue weighted by atomic mass is 10.2. The number of thiophene rings is 9. The molecule has 16 heteroatoms. The van der Waals surface area contributed by atoms with Crippen LogP contribution in [0, 0.1) is 0 Å². The Morgan fingerprint density at radius 3 is 0.532 bits per heavy atom. The predicted molar refractivity (Wildman–Crippen MR) is 386 cm³/mol. The SMILES string of the molecule is CC(C)(C)[Si](C)(C)c1ccc(-c2ccc(-c3ccc([Si](C)(C)[Si](C)([Si](C)(C)c4ccc(-c5ccc(-c6ccc([Si](C)(C)C(C)(C)C)s6)s5)s4)[Si](C)(C)c4ccc(-c5ccc(-c6ccc([Si](C)(C)C(C)(C)C)s6)s5)s4)s3)s2)s1. The van der Waals surface area contributed by atoms with Crippen molar-refractivity contribution in [3.8, 4) is 58.5 Å². The summed E-state index contributed by atoms with van der Waals surface area (Å²) in [6.07, 6.45) is 0. The molecule has 9 aromatic rings. The van der Waals surface area contributed by atoms with E-state index in [1.165, 1.54) is 58.5 Å². The predicted octanol–water partition coefficient (Wildman–Crippen LogP) is 20.8. The van der Waals surface area contributed by atoms with Gasteiger partial charge in [-0.05, 0) is 115 Å².